The van der Waals surface area contributed by atoms with Crippen molar-refractivity contribution in [2.24, 2.45) is 0 Å². The van der Waals surface area contributed by atoms with Crippen LogP contribution in [0.1, 0.15) is 34.1 Å². The highest BCUT2D eigenvalue weighted by atomic mass is 16.5. The lowest BCUT2D eigenvalue weighted by Gasteiger charge is -2.36. The van der Waals surface area contributed by atoms with E-state index >= 15 is 0 Å². The molecule has 1 N–H and O–H groups in total. The molecule has 0 saturated carbocycles. The smallest absolute Gasteiger partial charge is 0.331 e. The molecule has 0 spiro atoms. The molecule has 0 aliphatic rings. The third-order valence-corrected chi connectivity index (χ3v) is 2.47. The fraction of sp³-hybridized carbons (Fsp3) is 0.818. The summed E-state index contributed by atoms with van der Waals surface area (Å²) in [7, 11) is 0. The number of ether oxygens (including phenoxy) is 1. The molecule has 0 fully saturated rings. The molecule has 5 nitrogen and oxygen atoms in total. The lowest BCUT2D eigenvalue weighted by atomic mass is 10.0. The summed E-state index contributed by atoms with van der Waals surface area (Å²) in [6.45, 7) is 7.45. The first-order chi connectivity index (χ1) is 7.40. The van der Waals surface area contributed by atoms with Crippen molar-refractivity contribution in [3.63, 3.8) is 0 Å². The largest absolute Gasteiger partial charge is 0.479 e. The van der Waals surface area contributed by atoms with Crippen LogP contribution in [-0.2, 0) is 14.3 Å². The molecule has 0 aliphatic carbocycles. The Hall–Kier alpha value is -1.10. The van der Waals surface area contributed by atoms with Crippen LogP contribution in [0.2, 0.25) is 0 Å². The van der Waals surface area contributed by atoms with Gasteiger partial charge in [0.1, 0.15) is 0 Å². The molecule has 1 atom stereocenters. The number of amides is 1. The minimum absolute atomic E-state index is 0.0123. The summed E-state index contributed by atoms with van der Waals surface area (Å²) in [6, 6.07) is 0. The summed E-state index contributed by atoms with van der Waals surface area (Å²) < 4.78 is 5.16. The zero-order valence-electron chi connectivity index (χ0n) is 10.4. The van der Waals surface area contributed by atoms with Crippen LogP contribution in [0, 0.1) is 0 Å². The second-order valence-electron chi connectivity index (χ2n) is 3.89. The van der Waals surface area contributed by atoms with Gasteiger partial charge in [-0.1, -0.05) is 6.92 Å². The van der Waals surface area contributed by atoms with Crippen LogP contribution in [0.5, 0.6) is 0 Å². The number of carboxylic acid groups (broad SMARTS) is 1. The average molecular weight is 231 g/mol. The van der Waals surface area contributed by atoms with Gasteiger partial charge in [-0.3, -0.25) is 4.79 Å². The average Bonchev–Trinajstić information content (AvgIpc) is 2.21. The number of hydrogen-bond acceptors (Lipinski definition) is 3. The molecule has 0 aliphatic heterocycles. The Bertz CT molecular complexity index is 254. The summed E-state index contributed by atoms with van der Waals surface area (Å²) in [4.78, 5) is 24.1. The second kappa shape index (κ2) is 6.48. The molecule has 0 heterocycles. The Morgan fingerprint density at radius 1 is 1.38 bits per heavy atom. The SMILES string of the molecule is CCCN(C(C)=O)C(C)(COCC)C(=O)O. The molecule has 16 heavy (non-hydrogen) atoms. The van der Waals surface area contributed by atoms with Crippen molar-refractivity contribution in [1.29, 1.82) is 0 Å². The molecule has 94 valence electrons. The predicted octanol–water partition coefficient (Wildman–Crippen LogP) is 1.12. The number of aliphatic carboxylic acids is 1. The van der Waals surface area contributed by atoms with Crippen molar-refractivity contribution in [2.75, 3.05) is 19.8 Å². The van der Waals surface area contributed by atoms with E-state index in [9.17, 15) is 14.7 Å². The van der Waals surface area contributed by atoms with Gasteiger partial charge < -0.3 is 14.7 Å². The lowest BCUT2D eigenvalue weighted by molar-refractivity contribution is -0.161. The van der Waals surface area contributed by atoms with Crippen molar-refractivity contribution in [3.05, 3.63) is 0 Å². The van der Waals surface area contributed by atoms with Gasteiger partial charge in [-0.25, -0.2) is 4.79 Å². The highest BCUT2D eigenvalue weighted by Gasteiger charge is 2.41. The number of carboxylic acids is 1. The highest BCUT2D eigenvalue weighted by Crippen LogP contribution is 2.17. The number of carbonyl (C=O) groups is 2. The first-order valence-electron chi connectivity index (χ1n) is 5.49. The van der Waals surface area contributed by atoms with E-state index in [1.54, 1.807) is 6.92 Å². The normalized spacial score (nSPS) is 14.2. The third kappa shape index (κ3) is 3.48. The molecule has 0 radical (unpaired) electrons. The van der Waals surface area contributed by atoms with Gasteiger partial charge in [0.25, 0.3) is 0 Å². The first-order valence-corrected chi connectivity index (χ1v) is 5.49. The Morgan fingerprint density at radius 2 is 1.94 bits per heavy atom. The van der Waals surface area contributed by atoms with Crippen molar-refractivity contribution in [1.82, 2.24) is 4.90 Å². The Kier molecular flexibility index (Phi) is 6.03. The van der Waals surface area contributed by atoms with Gasteiger partial charge in [-0.2, -0.15) is 0 Å². The summed E-state index contributed by atoms with van der Waals surface area (Å²) in [6.07, 6.45) is 0.717. The first kappa shape index (κ1) is 14.9. The van der Waals surface area contributed by atoms with Crippen LogP contribution in [0.4, 0.5) is 0 Å². The zero-order chi connectivity index (χ0) is 12.8. The van der Waals surface area contributed by atoms with Crippen LogP contribution >= 0.6 is 0 Å². The summed E-state index contributed by atoms with van der Waals surface area (Å²) in [5.74, 6) is -1.28. The van der Waals surface area contributed by atoms with E-state index in [0.29, 0.717) is 19.6 Å². The van der Waals surface area contributed by atoms with E-state index < -0.39 is 11.5 Å². The van der Waals surface area contributed by atoms with Gasteiger partial charge in [0.15, 0.2) is 5.54 Å². The van der Waals surface area contributed by atoms with Gasteiger partial charge in [0, 0.05) is 20.1 Å². The predicted molar refractivity (Wildman–Crippen MR) is 60.2 cm³/mol. The lowest BCUT2D eigenvalue weighted by Crippen LogP contribution is -2.57. The van der Waals surface area contributed by atoms with Crippen LogP contribution in [-0.4, -0.2) is 47.2 Å². The maximum Gasteiger partial charge on any atom is 0.331 e. The van der Waals surface area contributed by atoms with E-state index in [4.69, 9.17) is 4.74 Å². The monoisotopic (exact) mass is 231 g/mol. The molecular formula is C11H21NO4. The van der Waals surface area contributed by atoms with Gasteiger partial charge in [-0.05, 0) is 20.3 Å². The molecule has 1 amide bonds. The number of rotatable bonds is 7. The molecule has 1 unspecified atom stereocenters. The summed E-state index contributed by atoms with van der Waals surface area (Å²) in [5, 5.41) is 9.23. The quantitative estimate of drug-likeness (QED) is 0.713. The van der Waals surface area contributed by atoms with E-state index in [1.807, 2.05) is 6.92 Å². The maximum absolute atomic E-state index is 11.5. The fourth-order valence-corrected chi connectivity index (χ4v) is 1.53. The Morgan fingerprint density at radius 3 is 2.25 bits per heavy atom. The standard InChI is InChI=1S/C11H21NO4/c1-5-7-12(9(3)13)11(4,10(14)15)8-16-6-2/h5-8H2,1-4H3,(H,14,15). The molecule has 5 heteroatoms. The van der Waals surface area contributed by atoms with Crippen molar-refractivity contribution < 1.29 is 19.4 Å². The molecule has 0 rings (SSSR count). The summed E-state index contributed by atoms with van der Waals surface area (Å²) >= 11 is 0. The molecule has 0 aromatic heterocycles. The third-order valence-electron chi connectivity index (χ3n) is 2.47. The van der Waals surface area contributed by atoms with Crippen molar-refractivity contribution in [2.45, 2.75) is 39.7 Å². The van der Waals surface area contributed by atoms with Crippen LogP contribution in [0.3, 0.4) is 0 Å². The van der Waals surface area contributed by atoms with E-state index in [-0.39, 0.29) is 12.5 Å². The van der Waals surface area contributed by atoms with Gasteiger partial charge in [0.05, 0.1) is 6.61 Å². The molecule has 0 saturated heterocycles. The van der Waals surface area contributed by atoms with Crippen LogP contribution in [0.15, 0.2) is 0 Å². The molecule has 0 bridgehead atoms. The maximum atomic E-state index is 11.5. The fourth-order valence-electron chi connectivity index (χ4n) is 1.53. The molecular weight excluding hydrogens is 210 g/mol. The zero-order valence-corrected chi connectivity index (χ0v) is 10.4. The minimum atomic E-state index is -1.28. The van der Waals surface area contributed by atoms with E-state index in [2.05, 4.69) is 0 Å². The van der Waals surface area contributed by atoms with Crippen molar-refractivity contribution in [3.8, 4) is 0 Å². The summed E-state index contributed by atoms with van der Waals surface area (Å²) in [5.41, 5.74) is -1.28. The number of carbonyl (C=O) groups excluding carboxylic acids is 1. The van der Waals surface area contributed by atoms with E-state index in [0.717, 1.165) is 0 Å². The van der Waals surface area contributed by atoms with Gasteiger partial charge in [0.2, 0.25) is 5.91 Å². The molecule has 0 aromatic rings. The highest BCUT2D eigenvalue weighted by molar-refractivity contribution is 5.85. The van der Waals surface area contributed by atoms with Gasteiger partial charge >= 0.3 is 5.97 Å². The topological polar surface area (TPSA) is 66.8 Å². The number of nitrogens with zero attached hydrogens (tertiary/aromatic N) is 1. The van der Waals surface area contributed by atoms with Crippen molar-refractivity contribution >= 4 is 11.9 Å². The van der Waals surface area contributed by atoms with E-state index in [1.165, 1.54) is 18.7 Å². The van der Waals surface area contributed by atoms with Gasteiger partial charge in [-0.15, -0.1) is 0 Å². The Balaban J connectivity index is 4.95. The Labute approximate surface area is 96.4 Å². The molecule has 0 aromatic carbocycles. The second-order valence-corrected chi connectivity index (χ2v) is 3.89. The minimum Gasteiger partial charge on any atom is -0.479 e. The van der Waals surface area contributed by atoms with Crippen LogP contribution < -0.4 is 0 Å². The number of hydrogen-bond donors (Lipinski definition) is 1. The van der Waals surface area contributed by atoms with Crippen LogP contribution in [0.25, 0.3) is 0 Å².